The monoisotopic (exact) mass is 472 g/mol. The molecule has 0 saturated carbocycles. The molecule has 174 valence electrons. The number of amides is 2. The van der Waals surface area contributed by atoms with E-state index in [-0.39, 0.29) is 36.5 Å². The van der Waals surface area contributed by atoms with Gasteiger partial charge in [-0.25, -0.2) is 4.39 Å². The van der Waals surface area contributed by atoms with Gasteiger partial charge in [0.2, 0.25) is 17.6 Å². The van der Waals surface area contributed by atoms with E-state index in [1.54, 1.807) is 25.1 Å². The van der Waals surface area contributed by atoms with Gasteiger partial charge in [0, 0.05) is 22.7 Å². The average Bonchev–Trinajstić information content (AvgIpc) is 3.20. The van der Waals surface area contributed by atoms with Gasteiger partial charge >= 0.3 is 0 Å². The summed E-state index contributed by atoms with van der Waals surface area (Å²) in [5.74, 6) is -0.783. The highest BCUT2D eigenvalue weighted by Gasteiger charge is 2.29. The van der Waals surface area contributed by atoms with Crippen molar-refractivity contribution in [2.75, 3.05) is 0 Å². The minimum Gasteiger partial charge on any atom is -0.350 e. The van der Waals surface area contributed by atoms with Gasteiger partial charge in [-0.15, -0.1) is 10.2 Å². The smallest absolute Gasteiger partial charge is 0.247 e. The molecule has 1 atom stereocenters. The summed E-state index contributed by atoms with van der Waals surface area (Å²) in [6.45, 7) is 7.17. The third kappa shape index (κ3) is 6.58. The van der Waals surface area contributed by atoms with E-state index in [1.807, 2.05) is 26.8 Å². The van der Waals surface area contributed by atoms with E-state index in [1.165, 1.54) is 29.2 Å². The summed E-state index contributed by atoms with van der Waals surface area (Å²) in [6.07, 6.45) is 0. The SMILES string of the molecule is C[C@@H](C(=O)NC(C)(C)C)N(Cc1ccccc1Cl)C(=O)Cn1nnc(-c2ccc(F)cc2)n1. The van der Waals surface area contributed by atoms with Crippen LogP contribution in [-0.2, 0) is 22.7 Å². The van der Waals surface area contributed by atoms with Gasteiger partial charge in [0.05, 0.1) is 0 Å². The van der Waals surface area contributed by atoms with Crippen LogP contribution in [0.3, 0.4) is 0 Å². The van der Waals surface area contributed by atoms with E-state index in [2.05, 4.69) is 20.7 Å². The molecule has 8 nitrogen and oxygen atoms in total. The van der Waals surface area contributed by atoms with E-state index >= 15 is 0 Å². The predicted octanol–water partition coefficient (Wildman–Crippen LogP) is 3.46. The summed E-state index contributed by atoms with van der Waals surface area (Å²) in [7, 11) is 0. The summed E-state index contributed by atoms with van der Waals surface area (Å²) >= 11 is 6.30. The van der Waals surface area contributed by atoms with Crippen LogP contribution in [0.4, 0.5) is 4.39 Å². The number of halogens is 2. The van der Waals surface area contributed by atoms with Crippen LogP contribution >= 0.6 is 11.6 Å². The van der Waals surface area contributed by atoms with Crippen LogP contribution in [0, 0.1) is 5.82 Å². The average molecular weight is 473 g/mol. The molecule has 0 unspecified atom stereocenters. The first-order valence-electron chi connectivity index (χ1n) is 10.4. The normalized spacial score (nSPS) is 12.3. The maximum absolute atomic E-state index is 13.3. The Morgan fingerprint density at radius 3 is 2.45 bits per heavy atom. The number of carbonyl (C=O) groups excluding carboxylic acids is 2. The molecule has 0 aliphatic rings. The van der Waals surface area contributed by atoms with Crippen molar-refractivity contribution < 1.29 is 14.0 Å². The first kappa shape index (κ1) is 24.3. The highest BCUT2D eigenvalue weighted by Crippen LogP contribution is 2.19. The minimum absolute atomic E-state index is 0.136. The zero-order chi connectivity index (χ0) is 24.2. The molecule has 0 bridgehead atoms. The summed E-state index contributed by atoms with van der Waals surface area (Å²) in [6, 6.07) is 12.0. The Kier molecular flexibility index (Phi) is 7.43. The van der Waals surface area contributed by atoms with Crippen LogP contribution in [0.2, 0.25) is 5.02 Å². The maximum atomic E-state index is 13.3. The van der Waals surface area contributed by atoms with Crippen molar-refractivity contribution in [1.29, 1.82) is 0 Å². The summed E-state index contributed by atoms with van der Waals surface area (Å²) < 4.78 is 13.2. The second-order valence-corrected chi connectivity index (χ2v) is 9.09. The zero-order valence-corrected chi connectivity index (χ0v) is 19.7. The molecule has 2 aromatic carbocycles. The Hall–Kier alpha value is -3.33. The van der Waals surface area contributed by atoms with Gasteiger partial charge in [-0.05, 0) is 68.8 Å². The molecule has 0 radical (unpaired) electrons. The molecule has 0 aliphatic carbocycles. The molecule has 0 aliphatic heterocycles. The number of hydrogen-bond donors (Lipinski definition) is 1. The summed E-state index contributed by atoms with van der Waals surface area (Å²) in [5, 5.41) is 15.5. The highest BCUT2D eigenvalue weighted by atomic mass is 35.5. The van der Waals surface area contributed by atoms with Gasteiger partial charge in [0.15, 0.2) is 0 Å². The first-order chi connectivity index (χ1) is 15.5. The van der Waals surface area contributed by atoms with Gasteiger partial charge < -0.3 is 10.2 Å². The number of tetrazole rings is 1. The van der Waals surface area contributed by atoms with E-state index in [9.17, 15) is 14.0 Å². The fourth-order valence-corrected chi connectivity index (χ4v) is 3.30. The standard InChI is InChI=1S/C23H26ClFN6O2/c1-15(22(33)26-23(2,3)4)30(13-17-7-5-6-8-19(17)24)20(32)14-31-28-21(27-29-31)16-9-11-18(25)12-10-16/h5-12,15H,13-14H2,1-4H3,(H,26,33)/t15-/m0/s1. The number of nitrogens with one attached hydrogen (secondary N) is 1. The van der Waals surface area contributed by atoms with E-state index in [0.29, 0.717) is 16.1 Å². The van der Waals surface area contributed by atoms with Crippen LogP contribution in [0.15, 0.2) is 48.5 Å². The predicted molar refractivity (Wildman–Crippen MR) is 123 cm³/mol. The van der Waals surface area contributed by atoms with Gasteiger partial charge in [0.1, 0.15) is 18.4 Å². The van der Waals surface area contributed by atoms with Crippen molar-refractivity contribution >= 4 is 23.4 Å². The molecule has 1 aromatic heterocycles. The van der Waals surface area contributed by atoms with Crippen LogP contribution in [0.5, 0.6) is 0 Å². The van der Waals surface area contributed by atoms with Crippen LogP contribution in [0.1, 0.15) is 33.3 Å². The largest absolute Gasteiger partial charge is 0.350 e. The molecule has 0 fully saturated rings. The van der Waals surface area contributed by atoms with E-state index in [0.717, 1.165) is 4.80 Å². The van der Waals surface area contributed by atoms with Crippen LogP contribution in [-0.4, -0.2) is 48.5 Å². The quantitative estimate of drug-likeness (QED) is 0.568. The Bertz CT molecular complexity index is 1130. The zero-order valence-electron chi connectivity index (χ0n) is 18.9. The molecular weight excluding hydrogens is 447 g/mol. The number of aromatic nitrogens is 4. The van der Waals surface area contributed by atoms with Crippen molar-refractivity contribution in [2.24, 2.45) is 0 Å². The molecule has 3 aromatic rings. The molecule has 2 amide bonds. The Morgan fingerprint density at radius 1 is 1.15 bits per heavy atom. The highest BCUT2D eigenvalue weighted by molar-refractivity contribution is 6.31. The number of benzene rings is 2. The van der Waals surface area contributed by atoms with Gasteiger partial charge in [0.25, 0.3) is 0 Å². The molecule has 3 rings (SSSR count). The molecule has 0 spiro atoms. The van der Waals surface area contributed by atoms with E-state index < -0.39 is 11.6 Å². The maximum Gasteiger partial charge on any atom is 0.247 e. The van der Waals surface area contributed by atoms with Crippen molar-refractivity contribution in [2.45, 2.75) is 52.4 Å². The van der Waals surface area contributed by atoms with Crippen molar-refractivity contribution in [3.05, 3.63) is 64.9 Å². The molecule has 0 saturated heterocycles. The van der Waals surface area contributed by atoms with Crippen LogP contribution in [0.25, 0.3) is 11.4 Å². The molecule has 10 heteroatoms. The minimum atomic E-state index is -0.770. The van der Waals surface area contributed by atoms with Gasteiger partial charge in [-0.2, -0.15) is 4.80 Å². The second kappa shape index (κ2) is 10.1. The lowest BCUT2D eigenvalue weighted by atomic mass is 10.1. The molecule has 33 heavy (non-hydrogen) atoms. The van der Waals surface area contributed by atoms with Crippen molar-refractivity contribution in [1.82, 2.24) is 30.4 Å². The second-order valence-electron chi connectivity index (χ2n) is 8.68. The third-order valence-electron chi connectivity index (χ3n) is 4.80. The van der Waals surface area contributed by atoms with Gasteiger partial charge in [-0.3, -0.25) is 9.59 Å². The number of rotatable bonds is 7. The Balaban J connectivity index is 1.82. The molecular formula is C23H26ClFN6O2. The lowest BCUT2D eigenvalue weighted by Gasteiger charge is -2.31. The molecule has 1 heterocycles. The first-order valence-corrected chi connectivity index (χ1v) is 10.8. The van der Waals surface area contributed by atoms with Crippen molar-refractivity contribution in [3.63, 3.8) is 0 Å². The van der Waals surface area contributed by atoms with Crippen molar-refractivity contribution in [3.8, 4) is 11.4 Å². The summed E-state index contributed by atoms with van der Waals surface area (Å²) in [4.78, 5) is 28.7. The third-order valence-corrected chi connectivity index (χ3v) is 5.16. The number of carbonyl (C=O) groups is 2. The number of nitrogens with zero attached hydrogens (tertiary/aromatic N) is 5. The summed E-state index contributed by atoms with van der Waals surface area (Å²) in [5.41, 5.74) is 0.824. The Morgan fingerprint density at radius 2 is 1.82 bits per heavy atom. The topological polar surface area (TPSA) is 93.0 Å². The Labute approximate surface area is 196 Å². The fraction of sp³-hybridized carbons (Fsp3) is 0.348. The lowest BCUT2D eigenvalue weighted by Crippen LogP contribution is -2.53. The van der Waals surface area contributed by atoms with Gasteiger partial charge in [-0.1, -0.05) is 29.8 Å². The van der Waals surface area contributed by atoms with E-state index in [4.69, 9.17) is 11.6 Å². The van der Waals surface area contributed by atoms with Crippen LogP contribution < -0.4 is 5.32 Å². The fourth-order valence-electron chi connectivity index (χ4n) is 3.10. The lowest BCUT2D eigenvalue weighted by molar-refractivity contribution is -0.142. The molecule has 1 N–H and O–H groups in total. The number of hydrogen-bond acceptors (Lipinski definition) is 5.